The fourth-order valence-corrected chi connectivity index (χ4v) is 7.18. The van der Waals surface area contributed by atoms with Crippen LogP contribution >= 0.6 is 7.75 Å². The van der Waals surface area contributed by atoms with Gasteiger partial charge >= 0.3 is 13.7 Å². The number of imidazole rings is 1. The third-order valence-electron chi connectivity index (χ3n) is 8.30. The van der Waals surface area contributed by atoms with Crippen molar-refractivity contribution in [2.24, 2.45) is 0 Å². The lowest BCUT2D eigenvalue weighted by molar-refractivity contribution is -0.149. The lowest BCUT2D eigenvalue weighted by Gasteiger charge is -2.25. The number of hydrogen-bond donors (Lipinski definition) is 2. The highest BCUT2D eigenvalue weighted by Crippen LogP contribution is 2.49. The molecule has 4 aromatic rings. The Kier molecular flexibility index (Phi) is 9.19. The van der Waals surface area contributed by atoms with Crippen molar-refractivity contribution in [1.29, 1.82) is 0 Å². The van der Waals surface area contributed by atoms with Gasteiger partial charge in [-0.25, -0.2) is 23.9 Å². The number of aromatic nitrogens is 4. The lowest BCUT2D eigenvalue weighted by atomic mass is 9.97. The van der Waals surface area contributed by atoms with Crippen LogP contribution in [0.3, 0.4) is 0 Å². The Morgan fingerprint density at radius 3 is 2.69 bits per heavy atom. The summed E-state index contributed by atoms with van der Waals surface area (Å²) in [5.74, 6) is 2.57. The Balaban J connectivity index is 1.29. The molecule has 48 heavy (non-hydrogen) atoms. The summed E-state index contributed by atoms with van der Waals surface area (Å²) in [6, 6.07) is 11.6. The van der Waals surface area contributed by atoms with E-state index in [-0.39, 0.29) is 11.4 Å². The minimum absolute atomic E-state index is 0.203. The number of aliphatic hydroxyl groups is 1. The highest BCUT2D eigenvalue weighted by molar-refractivity contribution is 7.52. The number of nitrogens with zero attached hydrogens (tertiary/aromatic N) is 5. The number of esters is 1. The summed E-state index contributed by atoms with van der Waals surface area (Å²) in [4.78, 5) is 28.2. The molecule has 1 aliphatic carbocycles. The van der Waals surface area contributed by atoms with Gasteiger partial charge in [-0.3, -0.25) is 13.9 Å². The zero-order valence-electron chi connectivity index (χ0n) is 27.2. The van der Waals surface area contributed by atoms with Gasteiger partial charge in [-0.15, -0.1) is 6.42 Å². The smallest absolute Gasteiger partial charge is 0.459 e. The van der Waals surface area contributed by atoms with Crippen LogP contribution in [-0.4, -0.2) is 80.3 Å². The highest BCUT2D eigenvalue weighted by Gasteiger charge is 2.58. The predicted molar refractivity (Wildman–Crippen MR) is 176 cm³/mol. The van der Waals surface area contributed by atoms with Gasteiger partial charge in [-0.2, -0.15) is 5.09 Å². The predicted octanol–water partition coefficient (Wildman–Crippen LogP) is 4.62. The molecule has 13 nitrogen and oxygen atoms in total. The van der Waals surface area contributed by atoms with Crippen LogP contribution in [-0.2, 0) is 23.4 Å². The van der Waals surface area contributed by atoms with E-state index in [1.165, 1.54) is 17.8 Å². The second kappa shape index (κ2) is 13.1. The number of alkyl halides is 1. The number of rotatable bonds is 12. The number of anilines is 1. The maximum atomic E-state index is 16.6. The average molecular weight is 681 g/mol. The highest BCUT2D eigenvalue weighted by atomic mass is 31.2. The first-order valence-electron chi connectivity index (χ1n) is 15.7. The van der Waals surface area contributed by atoms with Crippen molar-refractivity contribution in [3.8, 4) is 18.1 Å². The Morgan fingerprint density at radius 1 is 1.25 bits per heavy atom. The van der Waals surface area contributed by atoms with E-state index in [1.807, 2.05) is 36.1 Å². The van der Waals surface area contributed by atoms with Crippen LogP contribution in [0.1, 0.15) is 45.7 Å². The first kappa shape index (κ1) is 33.8. The summed E-state index contributed by atoms with van der Waals surface area (Å²) >= 11 is 0. The van der Waals surface area contributed by atoms with Crippen LogP contribution in [0.2, 0.25) is 0 Å². The first-order chi connectivity index (χ1) is 22.8. The van der Waals surface area contributed by atoms with Crippen molar-refractivity contribution in [3.05, 3.63) is 54.6 Å². The zero-order valence-corrected chi connectivity index (χ0v) is 28.1. The van der Waals surface area contributed by atoms with Gasteiger partial charge < -0.3 is 24.0 Å². The van der Waals surface area contributed by atoms with Crippen molar-refractivity contribution in [3.63, 3.8) is 0 Å². The number of carbonyl (C=O) groups excluding carboxylic acids is 1. The second-order valence-corrected chi connectivity index (χ2v) is 14.0. The molecule has 1 unspecified atom stereocenters. The zero-order chi connectivity index (χ0) is 34.4. The van der Waals surface area contributed by atoms with E-state index in [0.29, 0.717) is 28.6 Å². The molecule has 1 saturated carbocycles. The Labute approximate surface area is 277 Å². The van der Waals surface area contributed by atoms with Crippen molar-refractivity contribution in [2.45, 2.75) is 82.8 Å². The van der Waals surface area contributed by atoms with Crippen LogP contribution in [0.5, 0.6) is 5.75 Å². The van der Waals surface area contributed by atoms with E-state index in [4.69, 9.17) is 24.9 Å². The number of carbonyl (C=O) groups is 1. The number of hydrogen-bond acceptors (Lipinski definition) is 11. The molecule has 254 valence electrons. The molecule has 0 radical (unpaired) electrons. The molecule has 2 N–H and O–H groups in total. The normalized spacial score (nSPS) is 24.4. The van der Waals surface area contributed by atoms with Gasteiger partial charge in [0.2, 0.25) is 5.67 Å². The van der Waals surface area contributed by atoms with Crippen LogP contribution in [0.25, 0.3) is 21.9 Å². The van der Waals surface area contributed by atoms with Gasteiger partial charge in [0.1, 0.15) is 29.8 Å². The van der Waals surface area contributed by atoms with Gasteiger partial charge in [0.25, 0.3) is 0 Å². The first-order valence-corrected chi connectivity index (χ1v) is 17.2. The number of halogens is 1. The van der Waals surface area contributed by atoms with Crippen molar-refractivity contribution in [2.75, 3.05) is 18.6 Å². The fraction of sp³-hybridized carbons (Fsp3) is 0.455. The topological polar surface area (TPSA) is 150 Å². The molecule has 15 heteroatoms. The number of ether oxygens (including phenoxy) is 2. The molecule has 2 aromatic heterocycles. The van der Waals surface area contributed by atoms with E-state index >= 15 is 4.39 Å². The van der Waals surface area contributed by atoms with Gasteiger partial charge in [-0.05, 0) is 52.0 Å². The van der Waals surface area contributed by atoms with Gasteiger partial charge in [-0.1, -0.05) is 42.3 Å². The summed E-state index contributed by atoms with van der Waals surface area (Å²) in [6.45, 7) is 5.88. The maximum absolute atomic E-state index is 16.6. The van der Waals surface area contributed by atoms with Crippen molar-refractivity contribution in [1.82, 2.24) is 24.6 Å². The average Bonchev–Trinajstić information content (AvgIpc) is 3.78. The maximum Gasteiger partial charge on any atom is 0.459 e. The van der Waals surface area contributed by atoms with E-state index in [9.17, 15) is 14.5 Å². The monoisotopic (exact) mass is 680 g/mol. The molecular weight excluding hydrogens is 642 g/mol. The molecule has 2 aromatic carbocycles. The van der Waals surface area contributed by atoms with Crippen LogP contribution in [0.15, 0.2) is 48.8 Å². The molecule has 2 fully saturated rings. The quantitative estimate of drug-likeness (QED) is 0.122. The fourth-order valence-electron chi connectivity index (χ4n) is 5.66. The molecular formula is C33H38FN6O7P. The number of benzene rings is 2. The van der Waals surface area contributed by atoms with Gasteiger partial charge in [0.05, 0.1) is 19.0 Å². The van der Waals surface area contributed by atoms with Crippen LogP contribution in [0, 0.1) is 19.3 Å². The Hall–Kier alpha value is -4.12. The SMILES string of the molecule is C#C[C@@]1(F)[C@H](O)[C@@H](COP(=O)(N[C@H](C)C(=O)OC(C)C)Oc2cccc3ccccc23)O[C@H]1n1cnc2c(N(C)C3CC3)nc(C)nc21. The third-order valence-corrected chi connectivity index (χ3v) is 9.93. The molecule has 6 atom stereocenters. The number of aliphatic hydroxyl groups excluding tert-OH is 1. The minimum atomic E-state index is -4.44. The summed E-state index contributed by atoms with van der Waals surface area (Å²) in [6.07, 6.45) is 3.70. The van der Waals surface area contributed by atoms with E-state index in [2.05, 4.69) is 20.0 Å². The molecule has 1 aliphatic heterocycles. The Bertz CT molecular complexity index is 1920. The second-order valence-electron chi connectivity index (χ2n) is 12.3. The molecule has 2 aliphatic rings. The summed E-state index contributed by atoms with van der Waals surface area (Å²) < 4.78 is 55.2. The van der Waals surface area contributed by atoms with Gasteiger partial charge in [0.15, 0.2) is 23.2 Å². The molecule has 0 amide bonds. The van der Waals surface area contributed by atoms with Crippen molar-refractivity contribution < 1.29 is 37.4 Å². The standard InChI is InChI=1S/C33H38FN6O7P/c1-7-33(34)28(41)26(46-32(33)40-18-35-27-29(39(6)23-15-16-23)36-21(5)37-30(27)40)17-44-48(43,38-20(4)31(42)45-19(2)3)47-25-14-10-12-22-11-8-9-13-24(22)25/h1,8-14,18-20,23,26,28,32,41H,15-17H2,2-6H3,(H,38,43)/t20-,26-,28-,32-,33-,48?/m1/s1. The van der Waals surface area contributed by atoms with Crippen LogP contribution in [0.4, 0.5) is 10.2 Å². The molecule has 6 rings (SSSR count). The number of fused-ring (bicyclic) bond motifs is 2. The number of nitrogens with one attached hydrogen (secondary N) is 1. The largest absolute Gasteiger partial charge is 0.462 e. The third kappa shape index (κ3) is 6.49. The van der Waals surface area contributed by atoms with Crippen molar-refractivity contribution >= 4 is 41.5 Å². The number of terminal acetylenes is 1. The van der Waals surface area contributed by atoms with E-state index in [1.54, 1.807) is 45.0 Å². The summed E-state index contributed by atoms with van der Waals surface area (Å²) in [7, 11) is -2.52. The molecule has 0 spiro atoms. The molecule has 0 bridgehead atoms. The molecule has 3 heterocycles. The minimum Gasteiger partial charge on any atom is -0.462 e. The Morgan fingerprint density at radius 2 is 1.98 bits per heavy atom. The number of aryl methyl sites for hydroxylation is 1. The van der Waals surface area contributed by atoms with E-state index in [0.717, 1.165) is 18.2 Å². The van der Waals surface area contributed by atoms with Crippen LogP contribution < -0.4 is 14.5 Å². The molecule has 1 saturated heterocycles. The summed E-state index contributed by atoms with van der Waals surface area (Å²) in [5, 5.41) is 15.3. The van der Waals surface area contributed by atoms with Gasteiger partial charge in [0, 0.05) is 18.5 Å². The van der Waals surface area contributed by atoms with E-state index < -0.39 is 56.6 Å². The lowest BCUT2D eigenvalue weighted by Crippen LogP contribution is -2.42. The summed E-state index contributed by atoms with van der Waals surface area (Å²) in [5.41, 5.74) is -2.07.